The van der Waals surface area contributed by atoms with Gasteiger partial charge < -0.3 is 25.0 Å². The van der Waals surface area contributed by atoms with Crippen molar-refractivity contribution in [2.45, 2.75) is 70.2 Å². The molecular weight excluding hydrogens is 448 g/mol. The van der Waals surface area contributed by atoms with E-state index in [0.29, 0.717) is 28.6 Å². The van der Waals surface area contributed by atoms with Crippen molar-refractivity contribution in [2.75, 3.05) is 17.7 Å². The summed E-state index contributed by atoms with van der Waals surface area (Å²) in [5, 5.41) is 6.57. The number of rotatable bonds is 5. The second-order valence-electron chi connectivity index (χ2n) is 9.75. The zero-order valence-corrected chi connectivity index (χ0v) is 20.4. The summed E-state index contributed by atoms with van der Waals surface area (Å²) in [6.45, 7) is 5.62. The first-order valence-electron chi connectivity index (χ1n) is 11.6. The van der Waals surface area contributed by atoms with Crippen LogP contribution in [0.3, 0.4) is 0 Å². The Morgan fingerprint density at radius 2 is 1.77 bits per heavy atom. The molecule has 0 radical (unpaired) electrons. The van der Waals surface area contributed by atoms with Crippen LogP contribution in [0.2, 0.25) is 0 Å². The van der Waals surface area contributed by atoms with Crippen molar-refractivity contribution in [3.05, 3.63) is 35.9 Å². The molecule has 1 amide bonds. The number of hydrogen-bond donors (Lipinski definition) is 2. The van der Waals surface area contributed by atoms with Crippen molar-refractivity contribution in [1.82, 2.24) is 19.9 Å². The lowest BCUT2D eigenvalue weighted by molar-refractivity contribution is 0.00683. The minimum Gasteiger partial charge on any atom is -0.465 e. The molecule has 0 unspecified atom stereocenters. The Hall–Kier alpha value is -3.87. The molecule has 10 heteroatoms. The van der Waals surface area contributed by atoms with Crippen LogP contribution in [0.25, 0.3) is 0 Å². The van der Waals surface area contributed by atoms with Crippen molar-refractivity contribution in [2.24, 2.45) is 0 Å². The third-order valence-corrected chi connectivity index (χ3v) is 6.06. The lowest BCUT2D eigenvalue weighted by Gasteiger charge is -2.40. The number of amides is 1. The number of anilines is 3. The van der Waals surface area contributed by atoms with E-state index in [9.17, 15) is 9.59 Å². The molecule has 0 aliphatic carbocycles. The summed E-state index contributed by atoms with van der Waals surface area (Å²) in [6, 6.07) is 1.99. The first kappa shape index (κ1) is 24.3. The minimum atomic E-state index is -0.535. The van der Waals surface area contributed by atoms with Gasteiger partial charge in [-0.2, -0.15) is 0 Å². The summed E-state index contributed by atoms with van der Waals surface area (Å²) in [7, 11) is 1.33. The Kier molecular flexibility index (Phi) is 6.78. The molecule has 2 aromatic rings. The van der Waals surface area contributed by atoms with Crippen molar-refractivity contribution < 1.29 is 19.1 Å². The van der Waals surface area contributed by atoms with Crippen LogP contribution in [0.1, 0.15) is 62.5 Å². The average Bonchev–Trinajstić information content (AvgIpc) is 3.09. The number of fused-ring (bicyclic) bond motifs is 2. The average molecular weight is 479 g/mol. The van der Waals surface area contributed by atoms with Crippen molar-refractivity contribution in [1.29, 1.82) is 0 Å². The second-order valence-corrected chi connectivity index (χ2v) is 9.75. The standard InChI is InChI=1S/C25H30N6O4/c1-6-15-12-27-22(14-26-15)30-21-11-20(19(13-28-21)23(32)34-5)29-16-9-17-7-8-18(10-16)31(17)24(33)35-25(2,3)4/h1,11-14,16-18H,7-10H2,2-5H3,(H2,27,28,29,30)/t16-,17-,18+. The van der Waals surface area contributed by atoms with E-state index in [1.165, 1.54) is 25.7 Å². The minimum absolute atomic E-state index is 0.0690. The maximum Gasteiger partial charge on any atom is 0.410 e. The van der Waals surface area contributed by atoms with E-state index >= 15 is 0 Å². The normalized spacial score (nSPS) is 21.1. The van der Waals surface area contributed by atoms with E-state index in [1.807, 2.05) is 25.7 Å². The molecule has 2 aromatic heterocycles. The monoisotopic (exact) mass is 478 g/mol. The molecule has 2 aliphatic rings. The zero-order valence-electron chi connectivity index (χ0n) is 20.4. The predicted octanol–water partition coefficient (Wildman–Crippen LogP) is 3.73. The smallest absolute Gasteiger partial charge is 0.410 e. The van der Waals surface area contributed by atoms with Crippen LogP contribution in [-0.2, 0) is 9.47 Å². The van der Waals surface area contributed by atoms with Crippen LogP contribution in [0, 0.1) is 12.3 Å². The molecule has 2 bridgehead atoms. The van der Waals surface area contributed by atoms with E-state index in [4.69, 9.17) is 15.9 Å². The molecule has 2 saturated heterocycles. The molecule has 4 heterocycles. The van der Waals surface area contributed by atoms with Crippen molar-refractivity contribution in [3.63, 3.8) is 0 Å². The highest BCUT2D eigenvalue weighted by Crippen LogP contribution is 2.38. The summed E-state index contributed by atoms with van der Waals surface area (Å²) in [5.41, 5.74) is 0.818. The predicted molar refractivity (Wildman–Crippen MR) is 130 cm³/mol. The summed E-state index contributed by atoms with van der Waals surface area (Å²) in [5.74, 6) is 2.89. The number of esters is 1. The van der Waals surface area contributed by atoms with Gasteiger partial charge in [0.25, 0.3) is 0 Å². The van der Waals surface area contributed by atoms with Crippen molar-refractivity contribution >= 4 is 29.4 Å². The Bertz CT molecular complexity index is 1120. The van der Waals surface area contributed by atoms with Crippen LogP contribution in [0.4, 0.5) is 22.1 Å². The molecule has 35 heavy (non-hydrogen) atoms. The van der Waals surface area contributed by atoms with E-state index in [0.717, 1.165) is 25.7 Å². The third kappa shape index (κ3) is 5.62. The molecular formula is C25H30N6O4. The van der Waals surface area contributed by atoms with E-state index in [2.05, 4.69) is 31.5 Å². The van der Waals surface area contributed by atoms with E-state index in [-0.39, 0.29) is 24.2 Å². The summed E-state index contributed by atoms with van der Waals surface area (Å²) >= 11 is 0. The Balaban J connectivity index is 1.51. The summed E-state index contributed by atoms with van der Waals surface area (Å²) in [4.78, 5) is 39.7. The number of terminal acetylenes is 1. The number of nitrogens with zero attached hydrogens (tertiary/aromatic N) is 4. The molecule has 184 valence electrons. The van der Waals surface area contributed by atoms with Gasteiger partial charge in [0, 0.05) is 30.4 Å². The highest BCUT2D eigenvalue weighted by molar-refractivity contribution is 5.96. The number of hydrogen-bond acceptors (Lipinski definition) is 9. The molecule has 0 spiro atoms. The molecule has 0 saturated carbocycles. The molecule has 2 aliphatic heterocycles. The fraction of sp³-hybridized carbons (Fsp3) is 0.480. The van der Waals surface area contributed by atoms with Crippen LogP contribution in [-0.4, -0.2) is 62.8 Å². The van der Waals surface area contributed by atoms with Gasteiger partial charge in [-0.1, -0.05) is 0 Å². The largest absolute Gasteiger partial charge is 0.465 e. The van der Waals surface area contributed by atoms with Gasteiger partial charge in [0.2, 0.25) is 0 Å². The number of methoxy groups -OCH3 is 1. The first-order valence-corrected chi connectivity index (χ1v) is 11.6. The maximum absolute atomic E-state index is 12.8. The molecule has 0 aromatic carbocycles. The van der Waals surface area contributed by atoms with Gasteiger partial charge in [-0.3, -0.25) is 0 Å². The number of pyridine rings is 1. The Morgan fingerprint density at radius 1 is 1.09 bits per heavy atom. The maximum atomic E-state index is 12.8. The SMILES string of the molecule is C#Cc1cnc(Nc2cc(N[C@@H]3C[C@H]4CC[C@@H](C3)N4C(=O)OC(C)(C)C)c(C(=O)OC)cn2)cn1. The lowest BCUT2D eigenvalue weighted by Crippen LogP contribution is -2.51. The molecule has 3 atom stereocenters. The van der Waals surface area contributed by atoms with E-state index in [1.54, 1.807) is 6.07 Å². The lowest BCUT2D eigenvalue weighted by atomic mass is 9.97. The number of piperidine rings is 1. The first-order chi connectivity index (χ1) is 16.7. The summed E-state index contributed by atoms with van der Waals surface area (Å²) < 4.78 is 10.6. The number of carbonyl (C=O) groups is 2. The topological polar surface area (TPSA) is 119 Å². The number of nitrogens with one attached hydrogen (secondary N) is 2. The van der Waals surface area contributed by atoms with Gasteiger partial charge in [-0.05, 0) is 52.4 Å². The van der Waals surface area contributed by atoms with Gasteiger partial charge in [0.05, 0.1) is 25.2 Å². The fourth-order valence-corrected chi connectivity index (χ4v) is 4.64. The quantitative estimate of drug-likeness (QED) is 0.489. The Morgan fingerprint density at radius 3 is 2.34 bits per heavy atom. The third-order valence-electron chi connectivity index (χ3n) is 6.06. The zero-order chi connectivity index (χ0) is 25.2. The summed E-state index contributed by atoms with van der Waals surface area (Å²) in [6.07, 6.45) is 12.9. The van der Waals surface area contributed by atoms with Crippen LogP contribution in [0.5, 0.6) is 0 Å². The van der Waals surface area contributed by atoms with E-state index < -0.39 is 11.6 Å². The molecule has 4 rings (SSSR count). The molecule has 10 nitrogen and oxygen atoms in total. The fourth-order valence-electron chi connectivity index (χ4n) is 4.64. The van der Waals surface area contributed by atoms with Gasteiger partial charge in [0.15, 0.2) is 0 Å². The number of aromatic nitrogens is 3. The van der Waals surface area contributed by atoms with Gasteiger partial charge >= 0.3 is 12.1 Å². The number of ether oxygens (including phenoxy) is 2. The van der Waals surface area contributed by atoms with Crippen LogP contribution in [0.15, 0.2) is 24.7 Å². The number of carbonyl (C=O) groups excluding carboxylic acids is 2. The second kappa shape index (κ2) is 9.78. The van der Waals surface area contributed by atoms with Crippen LogP contribution < -0.4 is 10.6 Å². The van der Waals surface area contributed by atoms with Crippen LogP contribution >= 0.6 is 0 Å². The van der Waals surface area contributed by atoms with Gasteiger partial charge in [0.1, 0.15) is 28.5 Å². The molecule has 2 N–H and O–H groups in total. The van der Waals surface area contributed by atoms with Gasteiger partial charge in [-0.25, -0.2) is 24.5 Å². The highest BCUT2D eigenvalue weighted by atomic mass is 16.6. The highest BCUT2D eigenvalue weighted by Gasteiger charge is 2.45. The molecule has 2 fully saturated rings. The Labute approximate surface area is 204 Å². The van der Waals surface area contributed by atoms with Gasteiger partial charge in [-0.15, -0.1) is 6.42 Å². The van der Waals surface area contributed by atoms with Crippen molar-refractivity contribution in [3.8, 4) is 12.3 Å².